The number of rotatable bonds is 5. The fourth-order valence-electron chi connectivity index (χ4n) is 1.51. The Morgan fingerprint density at radius 3 is 2.50 bits per heavy atom. The molecule has 16 heavy (non-hydrogen) atoms. The van der Waals surface area contributed by atoms with Crippen molar-refractivity contribution in [1.82, 2.24) is 5.32 Å². The number of hydrogen-bond acceptors (Lipinski definition) is 2. The Bertz CT molecular complexity index is 322. The highest BCUT2D eigenvalue weighted by Gasteiger charge is 2.10. The Kier molecular flexibility index (Phi) is 4.99. The lowest BCUT2D eigenvalue weighted by Crippen LogP contribution is -2.31. The third-order valence-electron chi connectivity index (χ3n) is 2.45. The third-order valence-corrected chi connectivity index (χ3v) is 2.45. The van der Waals surface area contributed by atoms with Crippen molar-refractivity contribution in [2.45, 2.75) is 32.3 Å². The largest absolute Gasteiger partial charge is 0.392 e. The lowest BCUT2D eigenvalue weighted by Gasteiger charge is -2.12. The first-order valence-corrected chi connectivity index (χ1v) is 5.59. The molecule has 0 aliphatic heterocycles. The van der Waals surface area contributed by atoms with E-state index in [-0.39, 0.29) is 11.8 Å². The maximum Gasteiger partial charge on any atom is 0.220 e. The average molecular weight is 221 g/mol. The van der Waals surface area contributed by atoms with E-state index in [0.717, 1.165) is 5.56 Å². The van der Waals surface area contributed by atoms with E-state index in [0.29, 0.717) is 13.0 Å². The van der Waals surface area contributed by atoms with E-state index in [2.05, 4.69) is 5.32 Å². The molecule has 0 spiro atoms. The molecule has 0 saturated carbocycles. The summed E-state index contributed by atoms with van der Waals surface area (Å²) in [7, 11) is 0. The zero-order valence-corrected chi connectivity index (χ0v) is 9.81. The van der Waals surface area contributed by atoms with Crippen molar-refractivity contribution in [3.63, 3.8) is 0 Å². The third kappa shape index (κ3) is 4.45. The smallest absolute Gasteiger partial charge is 0.220 e. The van der Waals surface area contributed by atoms with Crippen molar-refractivity contribution in [3.05, 3.63) is 35.9 Å². The second-order valence-electron chi connectivity index (χ2n) is 4.17. The van der Waals surface area contributed by atoms with Gasteiger partial charge < -0.3 is 10.4 Å². The highest BCUT2D eigenvalue weighted by molar-refractivity contribution is 5.76. The molecule has 1 aromatic carbocycles. The van der Waals surface area contributed by atoms with E-state index < -0.39 is 6.10 Å². The normalized spacial score (nSPS) is 14.2. The molecule has 0 saturated heterocycles. The minimum atomic E-state index is -0.490. The Balaban J connectivity index is 2.40. The molecule has 1 aromatic rings. The predicted molar refractivity (Wildman–Crippen MR) is 64.2 cm³/mol. The van der Waals surface area contributed by atoms with Crippen molar-refractivity contribution in [1.29, 1.82) is 0 Å². The minimum absolute atomic E-state index is 0.0164. The zero-order valence-electron chi connectivity index (χ0n) is 9.81. The van der Waals surface area contributed by atoms with Gasteiger partial charge in [-0.15, -0.1) is 0 Å². The fraction of sp³-hybridized carbons (Fsp3) is 0.462. The first-order valence-electron chi connectivity index (χ1n) is 5.59. The van der Waals surface area contributed by atoms with E-state index in [1.165, 1.54) is 0 Å². The maximum atomic E-state index is 11.5. The standard InChI is InChI=1S/C13H19NO2/c1-10(12-6-4-3-5-7-12)8-13(16)14-9-11(2)15/h3-7,10-11,15H,8-9H2,1-2H3,(H,14,16). The molecule has 3 nitrogen and oxygen atoms in total. The number of carbonyl (C=O) groups is 1. The maximum absolute atomic E-state index is 11.5. The second kappa shape index (κ2) is 6.28. The molecule has 88 valence electrons. The van der Waals surface area contributed by atoms with Crippen LogP contribution in [0.4, 0.5) is 0 Å². The molecule has 2 N–H and O–H groups in total. The number of nitrogens with one attached hydrogen (secondary N) is 1. The van der Waals surface area contributed by atoms with Gasteiger partial charge in [-0.2, -0.15) is 0 Å². The lowest BCUT2D eigenvalue weighted by atomic mass is 9.97. The van der Waals surface area contributed by atoms with Gasteiger partial charge in [-0.25, -0.2) is 0 Å². The van der Waals surface area contributed by atoms with Crippen LogP contribution in [0.25, 0.3) is 0 Å². The number of carbonyl (C=O) groups excluding carboxylic acids is 1. The summed E-state index contributed by atoms with van der Waals surface area (Å²) in [6, 6.07) is 9.95. The molecule has 3 heteroatoms. The molecule has 0 bridgehead atoms. The van der Waals surface area contributed by atoms with Gasteiger partial charge in [0.2, 0.25) is 5.91 Å². The summed E-state index contributed by atoms with van der Waals surface area (Å²) < 4.78 is 0. The monoisotopic (exact) mass is 221 g/mol. The van der Waals surface area contributed by atoms with Gasteiger partial charge in [0.05, 0.1) is 6.10 Å². The zero-order chi connectivity index (χ0) is 12.0. The molecule has 2 unspecified atom stereocenters. The molecular weight excluding hydrogens is 202 g/mol. The highest BCUT2D eigenvalue weighted by atomic mass is 16.3. The van der Waals surface area contributed by atoms with Crippen molar-refractivity contribution < 1.29 is 9.90 Å². The van der Waals surface area contributed by atoms with Crippen LogP contribution in [0.5, 0.6) is 0 Å². The summed E-state index contributed by atoms with van der Waals surface area (Å²) in [6.07, 6.45) is -0.0347. The summed E-state index contributed by atoms with van der Waals surface area (Å²) >= 11 is 0. The van der Waals surface area contributed by atoms with Crippen LogP contribution in [0, 0.1) is 0 Å². The first kappa shape index (κ1) is 12.7. The predicted octanol–water partition coefficient (Wildman–Crippen LogP) is 1.68. The molecular formula is C13H19NO2. The van der Waals surface area contributed by atoms with Crippen LogP contribution in [0.15, 0.2) is 30.3 Å². The Morgan fingerprint density at radius 1 is 1.31 bits per heavy atom. The van der Waals surface area contributed by atoms with Gasteiger partial charge in [0.1, 0.15) is 0 Å². The Morgan fingerprint density at radius 2 is 1.94 bits per heavy atom. The second-order valence-corrected chi connectivity index (χ2v) is 4.17. The van der Waals surface area contributed by atoms with Crippen LogP contribution >= 0.6 is 0 Å². The van der Waals surface area contributed by atoms with Crippen LogP contribution in [-0.2, 0) is 4.79 Å². The number of hydrogen-bond donors (Lipinski definition) is 2. The average Bonchev–Trinajstić information content (AvgIpc) is 2.27. The van der Waals surface area contributed by atoms with E-state index in [1.807, 2.05) is 37.3 Å². The Hall–Kier alpha value is -1.35. The topological polar surface area (TPSA) is 49.3 Å². The molecule has 0 radical (unpaired) electrons. The van der Waals surface area contributed by atoms with Crippen molar-refractivity contribution in [2.75, 3.05) is 6.54 Å². The first-order chi connectivity index (χ1) is 7.59. The highest BCUT2D eigenvalue weighted by Crippen LogP contribution is 2.17. The quantitative estimate of drug-likeness (QED) is 0.794. The molecule has 1 rings (SSSR count). The van der Waals surface area contributed by atoms with Gasteiger partial charge in [0.15, 0.2) is 0 Å². The van der Waals surface area contributed by atoms with Gasteiger partial charge >= 0.3 is 0 Å². The minimum Gasteiger partial charge on any atom is -0.392 e. The summed E-state index contributed by atoms with van der Waals surface area (Å²) in [4.78, 5) is 11.5. The van der Waals surface area contributed by atoms with Crippen molar-refractivity contribution in [2.24, 2.45) is 0 Å². The van der Waals surface area contributed by atoms with E-state index in [9.17, 15) is 4.79 Å². The Labute approximate surface area is 96.5 Å². The molecule has 0 aliphatic rings. The van der Waals surface area contributed by atoms with Crippen LogP contribution in [0.3, 0.4) is 0 Å². The number of benzene rings is 1. The number of aliphatic hydroxyl groups excluding tert-OH is 1. The van der Waals surface area contributed by atoms with Gasteiger partial charge in [-0.3, -0.25) is 4.79 Å². The van der Waals surface area contributed by atoms with Crippen molar-refractivity contribution in [3.8, 4) is 0 Å². The number of aliphatic hydroxyl groups is 1. The fourth-order valence-corrected chi connectivity index (χ4v) is 1.51. The van der Waals surface area contributed by atoms with Gasteiger partial charge in [-0.1, -0.05) is 37.3 Å². The SMILES string of the molecule is CC(O)CNC(=O)CC(C)c1ccccc1. The van der Waals surface area contributed by atoms with Crippen LogP contribution in [0.2, 0.25) is 0 Å². The van der Waals surface area contributed by atoms with Gasteiger partial charge in [-0.05, 0) is 18.4 Å². The van der Waals surface area contributed by atoms with Crippen LogP contribution in [-0.4, -0.2) is 23.7 Å². The number of amides is 1. The lowest BCUT2D eigenvalue weighted by molar-refractivity contribution is -0.121. The van der Waals surface area contributed by atoms with Crippen molar-refractivity contribution >= 4 is 5.91 Å². The molecule has 0 aliphatic carbocycles. The molecule has 2 atom stereocenters. The summed E-state index contributed by atoms with van der Waals surface area (Å²) in [5.74, 6) is 0.187. The molecule has 1 amide bonds. The molecule has 0 fully saturated rings. The van der Waals surface area contributed by atoms with Crippen LogP contribution in [0.1, 0.15) is 31.7 Å². The van der Waals surface area contributed by atoms with E-state index in [1.54, 1.807) is 6.92 Å². The van der Waals surface area contributed by atoms with E-state index in [4.69, 9.17) is 5.11 Å². The summed E-state index contributed by atoms with van der Waals surface area (Å²) in [5.41, 5.74) is 1.16. The summed E-state index contributed by atoms with van der Waals surface area (Å²) in [6.45, 7) is 4.00. The summed E-state index contributed by atoms with van der Waals surface area (Å²) in [5, 5.41) is 11.7. The van der Waals surface area contributed by atoms with Gasteiger partial charge in [0, 0.05) is 13.0 Å². The van der Waals surface area contributed by atoms with Gasteiger partial charge in [0.25, 0.3) is 0 Å². The molecule has 0 heterocycles. The van der Waals surface area contributed by atoms with E-state index >= 15 is 0 Å². The molecule has 0 aromatic heterocycles. The van der Waals surface area contributed by atoms with Crippen LogP contribution < -0.4 is 5.32 Å².